The van der Waals surface area contributed by atoms with Crippen molar-refractivity contribution in [3.63, 3.8) is 0 Å². The molecule has 1 atom stereocenters. The number of nitrogens with one attached hydrogen (secondary N) is 1. The highest BCUT2D eigenvalue weighted by molar-refractivity contribution is 7.19. The van der Waals surface area contributed by atoms with Crippen molar-refractivity contribution in [3.05, 3.63) is 22.2 Å². The number of likely N-dealkylation sites (N-methyl/N-ethyl adjacent to an activating group) is 1. The summed E-state index contributed by atoms with van der Waals surface area (Å²) < 4.78 is 1.37. The van der Waals surface area contributed by atoms with Crippen LogP contribution >= 0.6 is 11.3 Å². The first-order valence-corrected chi connectivity index (χ1v) is 6.90. The van der Waals surface area contributed by atoms with Crippen molar-refractivity contribution in [2.24, 2.45) is 0 Å². The number of thiophene rings is 1. The van der Waals surface area contributed by atoms with Gasteiger partial charge in [-0.2, -0.15) is 0 Å². The summed E-state index contributed by atoms with van der Waals surface area (Å²) in [7, 11) is 2.17. The molecule has 4 heteroatoms. The number of nitrogens with zero attached hydrogens (tertiary/aromatic N) is 2. The summed E-state index contributed by atoms with van der Waals surface area (Å²) in [5, 5.41) is 4.71. The van der Waals surface area contributed by atoms with Crippen molar-refractivity contribution < 1.29 is 0 Å². The fourth-order valence-corrected chi connectivity index (χ4v) is 3.51. The smallest absolute Gasteiger partial charge is 0.0773 e. The Balaban J connectivity index is 1.95. The number of aryl methyl sites for hydroxylation is 2. The molecule has 91 valence electrons. The Bertz CT molecular complexity index is 540. The first kappa shape index (κ1) is 11.3. The Morgan fingerprint density at radius 3 is 3.00 bits per heavy atom. The first-order valence-electron chi connectivity index (χ1n) is 6.09. The van der Waals surface area contributed by atoms with Gasteiger partial charge < -0.3 is 9.88 Å². The number of hydrogen-bond acceptors (Lipinski definition) is 2. The second-order valence-electron chi connectivity index (χ2n) is 4.93. The molecule has 2 aromatic heterocycles. The van der Waals surface area contributed by atoms with Crippen LogP contribution in [0.4, 0.5) is 0 Å². The zero-order valence-electron chi connectivity index (χ0n) is 10.6. The average molecular weight is 248 g/mol. The fraction of sp³-hybridized carbons (Fsp3) is 0.538. The van der Waals surface area contributed by atoms with Crippen LogP contribution in [0.2, 0.25) is 0 Å². The summed E-state index contributed by atoms with van der Waals surface area (Å²) >= 11 is 1.88. The molecule has 1 radical (unpaired) electrons. The van der Waals surface area contributed by atoms with E-state index in [0.717, 1.165) is 19.6 Å². The predicted octanol–water partition coefficient (Wildman–Crippen LogP) is 2.44. The van der Waals surface area contributed by atoms with E-state index in [-0.39, 0.29) is 0 Å². The van der Waals surface area contributed by atoms with Crippen LogP contribution in [0.15, 0.2) is 6.07 Å². The molecule has 1 aliphatic rings. The van der Waals surface area contributed by atoms with Crippen LogP contribution in [-0.4, -0.2) is 36.6 Å². The lowest BCUT2D eigenvalue weighted by atomic mass is 10.1. The third-order valence-electron chi connectivity index (χ3n) is 3.64. The third kappa shape index (κ3) is 1.90. The summed E-state index contributed by atoms with van der Waals surface area (Å²) in [6.45, 7) is 7.45. The largest absolute Gasteiger partial charge is 0.356 e. The zero-order valence-corrected chi connectivity index (χ0v) is 11.4. The van der Waals surface area contributed by atoms with E-state index in [9.17, 15) is 0 Å². The Morgan fingerprint density at radius 2 is 2.29 bits per heavy atom. The van der Waals surface area contributed by atoms with E-state index in [4.69, 9.17) is 5.32 Å². The highest BCUT2D eigenvalue weighted by atomic mass is 32.1. The lowest BCUT2D eigenvalue weighted by Crippen LogP contribution is -2.40. The van der Waals surface area contributed by atoms with Gasteiger partial charge in [0.1, 0.15) is 0 Å². The van der Waals surface area contributed by atoms with Crippen molar-refractivity contribution in [2.45, 2.75) is 19.9 Å². The van der Waals surface area contributed by atoms with Crippen molar-refractivity contribution in [2.75, 3.05) is 26.7 Å². The molecule has 3 heterocycles. The average Bonchev–Trinajstić information content (AvgIpc) is 2.81. The quantitative estimate of drug-likeness (QED) is 0.826. The van der Waals surface area contributed by atoms with Gasteiger partial charge >= 0.3 is 0 Å². The maximum Gasteiger partial charge on any atom is 0.0773 e. The van der Waals surface area contributed by atoms with Crippen LogP contribution in [0, 0.1) is 13.8 Å². The minimum absolute atomic E-state index is 0.327. The minimum atomic E-state index is 0.327. The predicted molar refractivity (Wildman–Crippen MR) is 72.9 cm³/mol. The molecule has 1 fully saturated rings. The minimum Gasteiger partial charge on any atom is -0.356 e. The van der Waals surface area contributed by atoms with Crippen molar-refractivity contribution in [3.8, 4) is 0 Å². The molecule has 2 aromatic rings. The van der Waals surface area contributed by atoms with Crippen LogP contribution < -0.4 is 5.32 Å². The van der Waals surface area contributed by atoms with Crippen LogP contribution in [-0.2, 0) is 0 Å². The highest BCUT2D eigenvalue weighted by Crippen LogP contribution is 2.32. The summed E-state index contributed by atoms with van der Waals surface area (Å²) in [5.74, 6) is 0. The standard InChI is InChI=1S/C13H18N3S/c1-8-9(2)17-12-6-10(15-13(8)12)11-7-16(3)5-4-14-11/h6,11,15H,4-5,7H2,1-3H3. The summed E-state index contributed by atoms with van der Waals surface area (Å²) in [6, 6.07) is 2.61. The molecular formula is C13H18N3S. The lowest BCUT2D eigenvalue weighted by molar-refractivity contribution is 0.234. The highest BCUT2D eigenvalue weighted by Gasteiger charge is 2.22. The lowest BCUT2D eigenvalue weighted by Gasteiger charge is -2.28. The van der Waals surface area contributed by atoms with Gasteiger partial charge in [-0.25, -0.2) is 5.32 Å². The van der Waals surface area contributed by atoms with Crippen LogP contribution in [0.5, 0.6) is 0 Å². The molecule has 1 N–H and O–H groups in total. The number of aromatic nitrogens is 1. The van der Waals surface area contributed by atoms with Gasteiger partial charge in [-0.15, -0.1) is 11.3 Å². The molecule has 0 spiro atoms. The molecule has 3 nitrogen and oxygen atoms in total. The third-order valence-corrected chi connectivity index (χ3v) is 4.80. The van der Waals surface area contributed by atoms with Gasteiger partial charge in [0.25, 0.3) is 0 Å². The number of H-pyrrole nitrogens is 1. The monoisotopic (exact) mass is 248 g/mol. The van der Waals surface area contributed by atoms with Crippen molar-refractivity contribution in [1.29, 1.82) is 0 Å². The summed E-state index contributed by atoms with van der Waals surface area (Å²) in [6.07, 6.45) is 0. The van der Waals surface area contributed by atoms with E-state index in [0.29, 0.717) is 6.04 Å². The van der Waals surface area contributed by atoms with Gasteiger partial charge in [0.15, 0.2) is 0 Å². The number of aromatic amines is 1. The second-order valence-corrected chi connectivity index (χ2v) is 6.19. The van der Waals surface area contributed by atoms with E-state index < -0.39 is 0 Å². The summed E-state index contributed by atoms with van der Waals surface area (Å²) in [5.41, 5.74) is 3.98. The Morgan fingerprint density at radius 1 is 1.47 bits per heavy atom. The topological polar surface area (TPSA) is 33.1 Å². The molecule has 1 saturated heterocycles. The number of rotatable bonds is 1. The maximum atomic E-state index is 4.71. The number of hydrogen-bond donors (Lipinski definition) is 1. The van der Waals surface area contributed by atoms with Gasteiger partial charge in [-0.05, 0) is 32.5 Å². The number of fused-ring (bicyclic) bond motifs is 1. The molecular weight excluding hydrogens is 230 g/mol. The van der Waals surface area contributed by atoms with Gasteiger partial charge in [0.2, 0.25) is 0 Å². The molecule has 0 amide bonds. The molecule has 0 aliphatic carbocycles. The van der Waals surface area contributed by atoms with Gasteiger partial charge in [0.05, 0.1) is 16.3 Å². The molecule has 0 bridgehead atoms. The van der Waals surface area contributed by atoms with E-state index in [1.165, 1.54) is 26.4 Å². The van der Waals surface area contributed by atoms with Gasteiger partial charge in [-0.3, -0.25) is 0 Å². The number of piperazine rings is 1. The molecule has 1 aliphatic heterocycles. The Hall–Kier alpha value is -0.840. The van der Waals surface area contributed by atoms with E-state index in [1.54, 1.807) is 0 Å². The SMILES string of the molecule is Cc1sc2cc(C3CN(C)CC[N]3)[nH]c2c1C. The normalized spacial score (nSPS) is 22.4. The van der Waals surface area contributed by atoms with Crippen LogP contribution in [0.3, 0.4) is 0 Å². The van der Waals surface area contributed by atoms with Crippen molar-refractivity contribution >= 4 is 21.6 Å². The van der Waals surface area contributed by atoms with E-state index in [2.05, 4.69) is 36.8 Å². The van der Waals surface area contributed by atoms with Crippen LogP contribution in [0.1, 0.15) is 22.2 Å². The first-order chi connectivity index (χ1) is 8.15. The maximum absolute atomic E-state index is 4.71. The van der Waals surface area contributed by atoms with E-state index >= 15 is 0 Å². The molecule has 3 rings (SSSR count). The molecule has 1 unspecified atom stereocenters. The fourth-order valence-electron chi connectivity index (χ4n) is 2.44. The van der Waals surface area contributed by atoms with Crippen molar-refractivity contribution in [1.82, 2.24) is 15.2 Å². The molecule has 17 heavy (non-hydrogen) atoms. The molecule has 0 saturated carbocycles. The Labute approximate surface area is 106 Å². The molecule has 0 aromatic carbocycles. The zero-order chi connectivity index (χ0) is 12.0. The van der Waals surface area contributed by atoms with Crippen LogP contribution in [0.25, 0.3) is 10.2 Å². The van der Waals surface area contributed by atoms with Gasteiger partial charge in [-0.1, -0.05) is 0 Å². The van der Waals surface area contributed by atoms with Gasteiger partial charge in [0, 0.05) is 30.2 Å². The summed E-state index contributed by atoms with van der Waals surface area (Å²) in [4.78, 5) is 7.33. The van der Waals surface area contributed by atoms with E-state index in [1.807, 2.05) is 11.3 Å². The second kappa shape index (κ2) is 4.12. The Kier molecular flexibility index (Phi) is 2.73.